The molecule has 1 fully saturated rings. The van der Waals surface area contributed by atoms with Crippen molar-refractivity contribution in [3.8, 4) is 0 Å². The summed E-state index contributed by atoms with van der Waals surface area (Å²) in [6.07, 6.45) is 2.03. The van der Waals surface area contributed by atoms with Crippen LogP contribution in [0.5, 0.6) is 0 Å². The van der Waals surface area contributed by atoms with Crippen LogP contribution in [0.4, 0.5) is 11.4 Å². The number of benzene rings is 1. The van der Waals surface area contributed by atoms with Crippen LogP contribution < -0.4 is 4.90 Å². The van der Waals surface area contributed by atoms with Crippen LogP contribution in [0.25, 0.3) is 0 Å². The zero-order chi connectivity index (χ0) is 16.1. The Hall–Kier alpha value is -2.15. The standard InChI is InChI=1S/C15H20N2O5/c1-3-22-15(18)13-10-11(4-5-14(13)17(19)20)16-8-6-12(21-2)7-9-16/h4-5,10,12H,3,6-9H2,1-2H3. The van der Waals surface area contributed by atoms with Gasteiger partial charge in [-0.15, -0.1) is 0 Å². The first kappa shape index (κ1) is 16.2. The number of nitro benzene ring substituents is 1. The second-order valence-electron chi connectivity index (χ2n) is 5.10. The van der Waals surface area contributed by atoms with E-state index in [2.05, 4.69) is 4.90 Å². The highest BCUT2D eigenvalue weighted by Crippen LogP contribution is 2.28. The molecule has 1 aliphatic heterocycles. The molecule has 0 aliphatic carbocycles. The van der Waals surface area contributed by atoms with Crippen molar-refractivity contribution in [2.45, 2.75) is 25.9 Å². The average Bonchev–Trinajstić information content (AvgIpc) is 2.54. The Morgan fingerprint density at radius 2 is 2.09 bits per heavy atom. The zero-order valence-corrected chi connectivity index (χ0v) is 12.8. The quantitative estimate of drug-likeness (QED) is 0.472. The first-order valence-electron chi connectivity index (χ1n) is 7.30. The molecule has 0 amide bonds. The topological polar surface area (TPSA) is 81.9 Å². The highest BCUT2D eigenvalue weighted by Gasteiger charge is 2.25. The molecule has 1 aromatic rings. The molecule has 0 saturated carbocycles. The van der Waals surface area contributed by atoms with E-state index >= 15 is 0 Å². The lowest BCUT2D eigenvalue weighted by Gasteiger charge is -2.33. The van der Waals surface area contributed by atoms with Gasteiger partial charge in [-0.05, 0) is 31.9 Å². The molecular formula is C15H20N2O5. The van der Waals surface area contributed by atoms with Gasteiger partial charge in [0.25, 0.3) is 5.69 Å². The molecule has 120 valence electrons. The number of anilines is 1. The zero-order valence-electron chi connectivity index (χ0n) is 12.8. The van der Waals surface area contributed by atoms with Crippen molar-refractivity contribution in [1.82, 2.24) is 0 Å². The van der Waals surface area contributed by atoms with E-state index in [1.165, 1.54) is 6.07 Å². The van der Waals surface area contributed by atoms with Gasteiger partial charge < -0.3 is 14.4 Å². The van der Waals surface area contributed by atoms with E-state index in [9.17, 15) is 14.9 Å². The molecule has 1 saturated heterocycles. The summed E-state index contributed by atoms with van der Waals surface area (Å²) in [7, 11) is 1.70. The molecule has 1 heterocycles. The van der Waals surface area contributed by atoms with Crippen molar-refractivity contribution < 1.29 is 19.2 Å². The molecule has 0 N–H and O–H groups in total. The largest absolute Gasteiger partial charge is 0.462 e. The van der Waals surface area contributed by atoms with E-state index in [0.29, 0.717) is 0 Å². The van der Waals surface area contributed by atoms with Crippen molar-refractivity contribution in [3.63, 3.8) is 0 Å². The van der Waals surface area contributed by atoms with Crippen LogP contribution in [-0.2, 0) is 9.47 Å². The van der Waals surface area contributed by atoms with Gasteiger partial charge in [-0.2, -0.15) is 0 Å². The molecule has 7 heteroatoms. The monoisotopic (exact) mass is 308 g/mol. The third kappa shape index (κ3) is 3.54. The van der Waals surface area contributed by atoms with Crippen LogP contribution in [0.1, 0.15) is 30.1 Å². The number of ether oxygens (including phenoxy) is 2. The number of nitro groups is 1. The highest BCUT2D eigenvalue weighted by atomic mass is 16.6. The first-order chi connectivity index (χ1) is 10.6. The predicted octanol–water partition coefficient (Wildman–Crippen LogP) is 2.39. The van der Waals surface area contributed by atoms with Gasteiger partial charge in [0.2, 0.25) is 0 Å². The maximum atomic E-state index is 11.9. The Morgan fingerprint density at radius 3 is 2.64 bits per heavy atom. The van der Waals surface area contributed by atoms with Gasteiger partial charge in [-0.1, -0.05) is 0 Å². The van der Waals surface area contributed by atoms with E-state index < -0.39 is 10.9 Å². The molecule has 0 spiro atoms. The summed E-state index contributed by atoms with van der Waals surface area (Å²) < 4.78 is 10.2. The third-order valence-corrected chi connectivity index (χ3v) is 3.81. The Kier molecular flexibility index (Phi) is 5.32. The van der Waals surface area contributed by atoms with Gasteiger partial charge in [0, 0.05) is 32.0 Å². The number of methoxy groups -OCH3 is 1. The molecule has 0 unspecified atom stereocenters. The number of hydrogen-bond donors (Lipinski definition) is 0. The van der Waals surface area contributed by atoms with E-state index in [1.807, 2.05) is 0 Å². The number of nitrogens with zero attached hydrogens (tertiary/aromatic N) is 2. The van der Waals surface area contributed by atoms with Crippen LogP contribution in [0, 0.1) is 10.1 Å². The van der Waals surface area contributed by atoms with Gasteiger partial charge in [-0.25, -0.2) is 4.79 Å². The molecule has 0 atom stereocenters. The van der Waals surface area contributed by atoms with Crippen LogP contribution in [-0.4, -0.2) is 43.8 Å². The minimum atomic E-state index is -0.664. The van der Waals surface area contributed by atoms with Crippen LogP contribution >= 0.6 is 0 Å². The number of piperidine rings is 1. The third-order valence-electron chi connectivity index (χ3n) is 3.81. The molecule has 22 heavy (non-hydrogen) atoms. The molecule has 7 nitrogen and oxygen atoms in total. The van der Waals surface area contributed by atoms with Crippen molar-refractivity contribution in [1.29, 1.82) is 0 Å². The van der Waals surface area contributed by atoms with Crippen molar-refractivity contribution in [2.75, 3.05) is 31.7 Å². The lowest BCUT2D eigenvalue weighted by molar-refractivity contribution is -0.385. The number of rotatable bonds is 5. The molecule has 0 radical (unpaired) electrons. The summed E-state index contributed by atoms with van der Waals surface area (Å²) in [5.74, 6) is -0.664. The van der Waals surface area contributed by atoms with Gasteiger partial charge in [0.1, 0.15) is 5.56 Å². The molecule has 1 aliphatic rings. The molecule has 2 rings (SSSR count). The van der Waals surface area contributed by atoms with Crippen molar-refractivity contribution in [3.05, 3.63) is 33.9 Å². The number of carbonyl (C=O) groups is 1. The second-order valence-corrected chi connectivity index (χ2v) is 5.10. The Morgan fingerprint density at radius 1 is 1.41 bits per heavy atom. The number of hydrogen-bond acceptors (Lipinski definition) is 6. The molecule has 1 aromatic carbocycles. The van der Waals surface area contributed by atoms with Crippen molar-refractivity contribution in [2.24, 2.45) is 0 Å². The normalized spacial score (nSPS) is 15.6. The summed E-state index contributed by atoms with van der Waals surface area (Å²) in [6.45, 7) is 3.43. The minimum absolute atomic E-state index is 0.00165. The summed E-state index contributed by atoms with van der Waals surface area (Å²) in [6, 6.07) is 4.58. The Labute approximate surface area is 129 Å². The minimum Gasteiger partial charge on any atom is -0.462 e. The summed E-state index contributed by atoms with van der Waals surface area (Å²) >= 11 is 0. The summed E-state index contributed by atoms with van der Waals surface area (Å²) in [5, 5.41) is 11.1. The average molecular weight is 308 g/mol. The first-order valence-corrected chi connectivity index (χ1v) is 7.30. The van der Waals surface area contributed by atoms with Gasteiger partial charge in [-0.3, -0.25) is 10.1 Å². The maximum Gasteiger partial charge on any atom is 0.345 e. The maximum absolute atomic E-state index is 11.9. The smallest absolute Gasteiger partial charge is 0.345 e. The number of carbonyl (C=O) groups excluding carboxylic acids is 1. The van der Waals surface area contributed by atoms with Gasteiger partial charge >= 0.3 is 5.97 Å². The highest BCUT2D eigenvalue weighted by molar-refractivity contribution is 5.95. The fourth-order valence-electron chi connectivity index (χ4n) is 2.60. The van der Waals surface area contributed by atoms with E-state index in [1.54, 1.807) is 26.2 Å². The van der Waals surface area contributed by atoms with Crippen LogP contribution in [0.2, 0.25) is 0 Å². The van der Waals surface area contributed by atoms with Crippen molar-refractivity contribution >= 4 is 17.3 Å². The Bertz CT molecular complexity index is 553. The fraction of sp³-hybridized carbons (Fsp3) is 0.533. The fourth-order valence-corrected chi connectivity index (χ4v) is 2.60. The lowest BCUT2D eigenvalue weighted by Crippen LogP contribution is -2.36. The second kappa shape index (κ2) is 7.22. The number of esters is 1. The van der Waals surface area contributed by atoms with E-state index in [0.717, 1.165) is 31.6 Å². The molecule has 0 aromatic heterocycles. The van der Waals surface area contributed by atoms with Gasteiger partial charge in [0.15, 0.2) is 0 Å². The predicted molar refractivity (Wildman–Crippen MR) is 81.3 cm³/mol. The SMILES string of the molecule is CCOC(=O)c1cc(N2CCC(OC)CC2)ccc1[N+](=O)[O-]. The van der Waals surface area contributed by atoms with E-state index in [4.69, 9.17) is 9.47 Å². The molecular weight excluding hydrogens is 288 g/mol. The van der Waals surface area contributed by atoms with Gasteiger partial charge in [0.05, 0.1) is 17.6 Å². The Balaban J connectivity index is 2.25. The van der Waals surface area contributed by atoms with E-state index in [-0.39, 0.29) is 24.0 Å². The lowest BCUT2D eigenvalue weighted by atomic mass is 10.1. The van der Waals surface area contributed by atoms with Crippen LogP contribution in [0.3, 0.4) is 0 Å². The summed E-state index contributed by atoms with van der Waals surface area (Å²) in [5.41, 5.74) is 0.565. The summed E-state index contributed by atoms with van der Waals surface area (Å²) in [4.78, 5) is 24.5. The van der Waals surface area contributed by atoms with Crippen LogP contribution in [0.15, 0.2) is 18.2 Å². The molecule has 0 bridgehead atoms.